The molecule has 0 spiro atoms. The lowest BCUT2D eigenvalue weighted by Gasteiger charge is -2.12. The Balaban J connectivity index is 1.74. The molecule has 2 aromatic carbocycles. The number of imide groups is 1. The molecule has 0 radical (unpaired) electrons. The minimum Gasteiger partial charge on any atom is -0.481 e. The number of carboxylic acids is 1. The second kappa shape index (κ2) is 6.91. The van der Waals surface area contributed by atoms with Crippen LogP contribution in [-0.4, -0.2) is 29.1 Å². The highest BCUT2D eigenvalue weighted by Crippen LogP contribution is 2.25. The Labute approximate surface area is 142 Å². The number of aliphatic carboxylic acids is 1. The quantitative estimate of drug-likeness (QED) is 0.644. The SMILES string of the molecule is O=C(O)C[C@@H]1NC(=O)N(c2ccc(N=Nc3ccccc3)cc2)C1=O. The molecule has 2 N–H and O–H groups in total. The van der Waals surface area contributed by atoms with Gasteiger partial charge in [-0.05, 0) is 36.4 Å². The number of amides is 3. The van der Waals surface area contributed by atoms with Crippen LogP contribution in [0, 0.1) is 0 Å². The first kappa shape index (κ1) is 16.3. The minimum absolute atomic E-state index is 0.342. The second-order valence-corrected chi connectivity index (χ2v) is 5.33. The number of hydrogen-bond acceptors (Lipinski definition) is 5. The number of hydrogen-bond donors (Lipinski definition) is 2. The number of azo groups is 1. The summed E-state index contributed by atoms with van der Waals surface area (Å²) in [4.78, 5) is 35.8. The Morgan fingerprint density at radius 1 is 1.00 bits per heavy atom. The van der Waals surface area contributed by atoms with Crippen molar-refractivity contribution in [2.45, 2.75) is 12.5 Å². The number of nitrogens with zero attached hydrogens (tertiary/aromatic N) is 3. The summed E-state index contributed by atoms with van der Waals surface area (Å²) in [5.74, 6) is -1.75. The molecule has 1 heterocycles. The highest BCUT2D eigenvalue weighted by Gasteiger charge is 2.39. The molecule has 1 atom stereocenters. The predicted octanol–water partition coefficient (Wildman–Crippen LogP) is 3.00. The molecule has 1 saturated heterocycles. The average molecular weight is 338 g/mol. The molecule has 1 aliphatic rings. The Morgan fingerprint density at radius 3 is 2.20 bits per heavy atom. The van der Waals surface area contributed by atoms with Crippen molar-refractivity contribution in [2.75, 3.05) is 4.90 Å². The van der Waals surface area contributed by atoms with Gasteiger partial charge in [0, 0.05) is 0 Å². The molecule has 3 amide bonds. The molecule has 126 valence electrons. The molecule has 3 rings (SSSR count). The molecule has 0 unspecified atom stereocenters. The number of nitrogens with one attached hydrogen (secondary N) is 1. The molecule has 2 aromatic rings. The van der Waals surface area contributed by atoms with Crippen LogP contribution in [0.3, 0.4) is 0 Å². The summed E-state index contributed by atoms with van der Waals surface area (Å²) in [6.07, 6.45) is -0.454. The predicted molar refractivity (Wildman–Crippen MR) is 89.1 cm³/mol. The monoisotopic (exact) mass is 338 g/mol. The van der Waals surface area contributed by atoms with E-state index in [4.69, 9.17) is 5.11 Å². The van der Waals surface area contributed by atoms with E-state index in [0.29, 0.717) is 17.1 Å². The van der Waals surface area contributed by atoms with Crippen LogP contribution in [-0.2, 0) is 9.59 Å². The molecule has 0 aliphatic carbocycles. The van der Waals surface area contributed by atoms with E-state index in [9.17, 15) is 14.4 Å². The number of rotatable bonds is 5. The third kappa shape index (κ3) is 3.69. The lowest BCUT2D eigenvalue weighted by molar-refractivity contribution is -0.139. The number of anilines is 1. The van der Waals surface area contributed by atoms with E-state index in [2.05, 4.69) is 15.5 Å². The maximum atomic E-state index is 12.2. The summed E-state index contributed by atoms with van der Waals surface area (Å²) in [6.45, 7) is 0. The first-order valence-corrected chi connectivity index (χ1v) is 7.48. The number of carbonyl (C=O) groups excluding carboxylic acids is 2. The Bertz CT molecular complexity index is 833. The van der Waals surface area contributed by atoms with Crippen LogP contribution < -0.4 is 10.2 Å². The summed E-state index contributed by atoms with van der Waals surface area (Å²) < 4.78 is 0. The van der Waals surface area contributed by atoms with E-state index in [0.717, 1.165) is 4.90 Å². The second-order valence-electron chi connectivity index (χ2n) is 5.33. The van der Waals surface area contributed by atoms with E-state index in [1.807, 2.05) is 30.3 Å². The van der Waals surface area contributed by atoms with E-state index in [1.165, 1.54) is 0 Å². The Morgan fingerprint density at radius 2 is 1.60 bits per heavy atom. The van der Waals surface area contributed by atoms with Crippen molar-refractivity contribution >= 4 is 35.0 Å². The van der Waals surface area contributed by atoms with Gasteiger partial charge >= 0.3 is 12.0 Å². The molecule has 0 bridgehead atoms. The fraction of sp³-hybridized carbons (Fsp3) is 0.118. The van der Waals surface area contributed by atoms with Gasteiger partial charge in [0.05, 0.1) is 23.5 Å². The van der Waals surface area contributed by atoms with Crippen LogP contribution >= 0.6 is 0 Å². The van der Waals surface area contributed by atoms with Crippen molar-refractivity contribution in [2.24, 2.45) is 10.2 Å². The summed E-state index contributed by atoms with van der Waals surface area (Å²) in [6, 6.07) is 13.9. The van der Waals surface area contributed by atoms with Crippen molar-refractivity contribution in [3.05, 3.63) is 54.6 Å². The van der Waals surface area contributed by atoms with E-state index >= 15 is 0 Å². The Kier molecular flexibility index (Phi) is 4.51. The molecule has 1 fully saturated rings. The number of urea groups is 1. The van der Waals surface area contributed by atoms with Gasteiger partial charge in [0.15, 0.2) is 0 Å². The lowest BCUT2D eigenvalue weighted by atomic mass is 10.2. The van der Waals surface area contributed by atoms with Crippen molar-refractivity contribution in [3.63, 3.8) is 0 Å². The van der Waals surface area contributed by atoms with Crippen molar-refractivity contribution in [1.82, 2.24) is 5.32 Å². The molecule has 25 heavy (non-hydrogen) atoms. The normalized spacial score (nSPS) is 17.1. The zero-order chi connectivity index (χ0) is 17.8. The number of carboxylic acid groups (broad SMARTS) is 1. The van der Waals surface area contributed by atoms with Gasteiger partial charge in [-0.1, -0.05) is 18.2 Å². The number of carbonyl (C=O) groups is 3. The van der Waals surface area contributed by atoms with Crippen LogP contribution in [0.2, 0.25) is 0 Å². The smallest absolute Gasteiger partial charge is 0.329 e. The summed E-state index contributed by atoms with van der Waals surface area (Å²) in [5, 5.41) is 19.3. The van der Waals surface area contributed by atoms with Crippen molar-refractivity contribution in [1.29, 1.82) is 0 Å². The number of benzene rings is 2. The van der Waals surface area contributed by atoms with Gasteiger partial charge in [-0.3, -0.25) is 9.59 Å². The maximum absolute atomic E-state index is 12.2. The third-order valence-electron chi connectivity index (χ3n) is 3.54. The summed E-state index contributed by atoms with van der Waals surface area (Å²) in [5.41, 5.74) is 1.60. The third-order valence-corrected chi connectivity index (χ3v) is 3.54. The summed E-state index contributed by atoms with van der Waals surface area (Å²) in [7, 11) is 0. The highest BCUT2D eigenvalue weighted by molar-refractivity contribution is 6.21. The zero-order valence-corrected chi connectivity index (χ0v) is 13.0. The molecule has 8 nitrogen and oxygen atoms in total. The minimum atomic E-state index is -1.16. The van der Waals surface area contributed by atoms with Crippen LogP contribution in [0.1, 0.15) is 6.42 Å². The average Bonchev–Trinajstić information content (AvgIpc) is 2.87. The first-order valence-electron chi connectivity index (χ1n) is 7.48. The van der Waals surface area contributed by atoms with Gasteiger partial charge in [0.1, 0.15) is 6.04 Å². The fourth-order valence-electron chi connectivity index (χ4n) is 2.37. The van der Waals surface area contributed by atoms with Crippen molar-refractivity contribution in [3.8, 4) is 0 Å². The van der Waals surface area contributed by atoms with Crippen LogP contribution in [0.15, 0.2) is 64.8 Å². The van der Waals surface area contributed by atoms with Crippen LogP contribution in [0.4, 0.5) is 21.9 Å². The maximum Gasteiger partial charge on any atom is 0.329 e. The van der Waals surface area contributed by atoms with E-state index in [-0.39, 0.29) is 0 Å². The molecule has 0 aromatic heterocycles. The van der Waals surface area contributed by atoms with Gasteiger partial charge in [0.2, 0.25) is 0 Å². The van der Waals surface area contributed by atoms with Crippen LogP contribution in [0.25, 0.3) is 0 Å². The van der Waals surface area contributed by atoms with Gasteiger partial charge in [-0.25, -0.2) is 9.69 Å². The largest absolute Gasteiger partial charge is 0.481 e. The standard InChI is InChI=1S/C17H14N4O4/c22-15(23)10-14-16(24)21(17(25)18-14)13-8-6-12(7-9-13)20-19-11-4-2-1-3-5-11/h1-9,14H,10H2,(H,18,25)(H,22,23)/t14-/m0/s1. The van der Waals surface area contributed by atoms with Gasteiger partial charge in [-0.15, -0.1) is 0 Å². The van der Waals surface area contributed by atoms with Gasteiger partial charge in [0.25, 0.3) is 5.91 Å². The van der Waals surface area contributed by atoms with E-state index < -0.39 is 30.4 Å². The van der Waals surface area contributed by atoms with Crippen molar-refractivity contribution < 1.29 is 19.5 Å². The molecule has 8 heteroatoms. The fourth-order valence-corrected chi connectivity index (χ4v) is 2.37. The van der Waals surface area contributed by atoms with Gasteiger partial charge in [-0.2, -0.15) is 10.2 Å². The van der Waals surface area contributed by atoms with Crippen LogP contribution in [0.5, 0.6) is 0 Å². The van der Waals surface area contributed by atoms with E-state index in [1.54, 1.807) is 24.3 Å². The molecule has 1 aliphatic heterocycles. The lowest BCUT2D eigenvalue weighted by Crippen LogP contribution is -2.32. The highest BCUT2D eigenvalue weighted by atomic mass is 16.4. The molecule has 0 saturated carbocycles. The van der Waals surface area contributed by atoms with Gasteiger partial charge < -0.3 is 10.4 Å². The Hall–Kier alpha value is -3.55. The first-order chi connectivity index (χ1) is 12.0. The zero-order valence-electron chi connectivity index (χ0n) is 13.0. The topological polar surface area (TPSA) is 111 Å². The summed E-state index contributed by atoms with van der Waals surface area (Å²) >= 11 is 0. The molecular formula is C17H14N4O4. The molecular weight excluding hydrogens is 324 g/mol.